The highest BCUT2D eigenvalue weighted by molar-refractivity contribution is 5.73. The van der Waals surface area contributed by atoms with Crippen LogP contribution in [0.25, 0.3) is 0 Å². The van der Waals surface area contributed by atoms with E-state index in [4.69, 9.17) is 10.5 Å². The lowest BCUT2D eigenvalue weighted by atomic mass is 10.2. The summed E-state index contributed by atoms with van der Waals surface area (Å²) in [5.41, 5.74) is 5.42. The lowest BCUT2D eigenvalue weighted by molar-refractivity contribution is -0.385. The van der Waals surface area contributed by atoms with Crippen LogP contribution in [0, 0.1) is 10.1 Å². The van der Waals surface area contributed by atoms with Crippen LogP contribution in [0.2, 0.25) is 0 Å². The fraction of sp³-hybridized carbons (Fsp3) is 0.500. The summed E-state index contributed by atoms with van der Waals surface area (Å²) in [6.07, 6.45) is 2.47. The number of primary amides is 1. The summed E-state index contributed by atoms with van der Waals surface area (Å²) in [7, 11) is 0. The van der Waals surface area contributed by atoms with E-state index in [1.165, 1.54) is 0 Å². The smallest absolute Gasteiger partial charge is 0.333 e. The molecule has 1 aromatic rings. The van der Waals surface area contributed by atoms with E-state index in [0.29, 0.717) is 38.1 Å². The first-order valence-corrected chi connectivity index (χ1v) is 6.98. The minimum absolute atomic E-state index is 0.0548. The Labute approximate surface area is 123 Å². The van der Waals surface area contributed by atoms with Crippen LogP contribution in [-0.2, 0) is 4.79 Å². The molecule has 0 heterocycles. The molecule has 0 unspecified atom stereocenters. The van der Waals surface area contributed by atoms with E-state index >= 15 is 0 Å². The van der Waals surface area contributed by atoms with E-state index in [9.17, 15) is 14.9 Å². The molecule has 0 fully saturated rings. The molecule has 1 amide bonds. The highest BCUT2D eigenvalue weighted by Gasteiger charge is 2.20. The molecule has 0 spiro atoms. The number of unbranched alkanes of at least 4 members (excludes halogenated alkanes) is 1. The number of nitrogens with zero attached hydrogens (tertiary/aromatic N) is 1. The van der Waals surface area contributed by atoms with Crippen LogP contribution in [0.5, 0.6) is 5.75 Å². The van der Waals surface area contributed by atoms with Crippen molar-refractivity contribution in [3.8, 4) is 5.75 Å². The minimum atomic E-state index is -0.448. The molecule has 0 aromatic heterocycles. The van der Waals surface area contributed by atoms with Crippen molar-refractivity contribution in [3.05, 3.63) is 28.3 Å². The summed E-state index contributed by atoms with van der Waals surface area (Å²) in [6.45, 7) is 2.90. The third-order valence-electron chi connectivity index (χ3n) is 2.81. The second-order valence-electron chi connectivity index (χ2n) is 4.61. The Balaban J connectivity index is 2.67. The Morgan fingerprint density at radius 3 is 2.81 bits per heavy atom. The average molecular weight is 295 g/mol. The number of hydrogen-bond donors (Lipinski definition) is 2. The molecule has 3 N–H and O–H groups in total. The number of anilines is 1. The van der Waals surface area contributed by atoms with Crippen molar-refractivity contribution in [1.29, 1.82) is 0 Å². The molecule has 1 aromatic carbocycles. The summed E-state index contributed by atoms with van der Waals surface area (Å²) in [4.78, 5) is 21.4. The maximum Gasteiger partial charge on any atom is 0.333 e. The van der Waals surface area contributed by atoms with Crippen molar-refractivity contribution in [3.63, 3.8) is 0 Å². The molecular formula is C14H21N3O4. The number of nitrogens with two attached hydrogens (primary N) is 1. The number of nitro benzene ring substituents is 1. The van der Waals surface area contributed by atoms with Crippen LogP contribution in [0.3, 0.4) is 0 Å². The molecule has 0 saturated heterocycles. The number of hydrogen-bond acceptors (Lipinski definition) is 5. The fourth-order valence-electron chi connectivity index (χ4n) is 1.83. The number of rotatable bonds is 10. The normalized spacial score (nSPS) is 10.1. The Bertz CT molecular complexity index is 491. The summed E-state index contributed by atoms with van der Waals surface area (Å²) < 4.78 is 5.40. The molecule has 0 atom stereocenters. The van der Waals surface area contributed by atoms with Crippen LogP contribution < -0.4 is 15.8 Å². The number of para-hydroxylation sites is 1. The van der Waals surface area contributed by atoms with Gasteiger partial charge < -0.3 is 15.8 Å². The highest BCUT2D eigenvalue weighted by Crippen LogP contribution is 2.34. The van der Waals surface area contributed by atoms with Gasteiger partial charge in [0.15, 0.2) is 5.75 Å². The first-order valence-electron chi connectivity index (χ1n) is 6.98. The lowest BCUT2D eigenvalue weighted by Crippen LogP contribution is -2.11. The van der Waals surface area contributed by atoms with Crippen molar-refractivity contribution in [2.45, 2.75) is 32.6 Å². The average Bonchev–Trinajstić information content (AvgIpc) is 2.44. The molecule has 7 nitrogen and oxygen atoms in total. The third kappa shape index (κ3) is 5.68. The van der Waals surface area contributed by atoms with E-state index in [0.717, 1.165) is 6.42 Å². The molecule has 1 rings (SSSR count). The zero-order chi connectivity index (χ0) is 15.7. The van der Waals surface area contributed by atoms with E-state index in [1.807, 2.05) is 6.92 Å². The number of ether oxygens (including phenoxy) is 1. The largest absolute Gasteiger partial charge is 0.487 e. The van der Waals surface area contributed by atoms with Gasteiger partial charge in [-0.05, 0) is 31.4 Å². The first kappa shape index (κ1) is 16.7. The fourth-order valence-corrected chi connectivity index (χ4v) is 1.83. The summed E-state index contributed by atoms with van der Waals surface area (Å²) >= 11 is 0. The van der Waals surface area contributed by atoms with Gasteiger partial charge in [-0.25, -0.2) is 0 Å². The number of carbonyl (C=O) groups is 1. The number of amides is 1. The van der Waals surface area contributed by atoms with Crippen molar-refractivity contribution in [1.82, 2.24) is 0 Å². The predicted octanol–water partition coefficient (Wildman–Crippen LogP) is 2.45. The molecule has 116 valence electrons. The summed E-state index contributed by atoms with van der Waals surface area (Å²) in [6, 6.07) is 4.95. The highest BCUT2D eigenvalue weighted by atomic mass is 16.6. The van der Waals surface area contributed by atoms with Gasteiger partial charge in [-0.1, -0.05) is 13.0 Å². The van der Waals surface area contributed by atoms with Gasteiger partial charge >= 0.3 is 5.69 Å². The molecule has 0 aliphatic carbocycles. The van der Waals surface area contributed by atoms with Gasteiger partial charge in [-0.3, -0.25) is 14.9 Å². The molecular weight excluding hydrogens is 274 g/mol. The zero-order valence-electron chi connectivity index (χ0n) is 12.1. The molecule has 0 aliphatic heterocycles. The van der Waals surface area contributed by atoms with Gasteiger partial charge in [0.25, 0.3) is 0 Å². The second kappa shape index (κ2) is 8.78. The molecule has 7 heteroatoms. The van der Waals surface area contributed by atoms with Crippen LogP contribution in [0.4, 0.5) is 11.4 Å². The summed E-state index contributed by atoms with van der Waals surface area (Å²) in [5, 5.41) is 14.2. The van der Waals surface area contributed by atoms with E-state index < -0.39 is 4.92 Å². The van der Waals surface area contributed by atoms with Crippen molar-refractivity contribution in [2.75, 3.05) is 18.5 Å². The molecule has 21 heavy (non-hydrogen) atoms. The maximum atomic E-state index is 11.2. The van der Waals surface area contributed by atoms with Crippen LogP contribution >= 0.6 is 0 Å². The molecule has 0 saturated carbocycles. The van der Waals surface area contributed by atoms with E-state index in [1.54, 1.807) is 18.2 Å². The Hall–Kier alpha value is -2.31. The number of carbonyl (C=O) groups excluding carboxylic acids is 1. The lowest BCUT2D eigenvalue weighted by Gasteiger charge is -2.10. The Morgan fingerprint density at radius 2 is 2.19 bits per heavy atom. The van der Waals surface area contributed by atoms with Gasteiger partial charge in [-0.15, -0.1) is 0 Å². The third-order valence-corrected chi connectivity index (χ3v) is 2.81. The maximum absolute atomic E-state index is 11.2. The van der Waals surface area contributed by atoms with Gasteiger partial charge in [0, 0.05) is 13.0 Å². The minimum Gasteiger partial charge on any atom is -0.487 e. The Morgan fingerprint density at radius 1 is 1.43 bits per heavy atom. The van der Waals surface area contributed by atoms with E-state index in [-0.39, 0.29) is 17.3 Å². The van der Waals surface area contributed by atoms with Crippen molar-refractivity contribution >= 4 is 17.3 Å². The van der Waals surface area contributed by atoms with Crippen LogP contribution in [-0.4, -0.2) is 24.0 Å². The number of nitro groups is 1. The van der Waals surface area contributed by atoms with Crippen molar-refractivity contribution in [2.24, 2.45) is 5.73 Å². The van der Waals surface area contributed by atoms with Gasteiger partial charge in [0.05, 0.1) is 11.5 Å². The van der Waals surface area contributed by atoms with Crippen molar-refractivity contribution < 1.29 is 14.5 Å². The quantitative estimate of drug-likeness (QED) is 0.391. The first-order chi connectivity index (χ1) is 10.1. The predicted molar refractivity (Wildman–Crippen MR) is 80.4 cm³/mol. The van der Waals surface area contributed by atoms with E-state index in [2.05, 4.69) is 5.32 Å². The van der Waals surface area contributed by atoms with Gasteiger partial charge in [-0.2, -0.15) is 0 Å². The standard InChI is InChI=1S/C14H21N3O4/c1-2-10-21-12-7-5-6-11(14(12)17(19)20)16-9-4-3-8-13(15)18/h5-7,16H,2-4,8-10H2,1H3,(H2,15,18). The molecule has 0 bridgehead atoms. The van der Waals surface area contributed by atoms with Gasteiger partial charge in [0.1, 0.15) is 5.69 Å². The molecule has 0 aliphatic rings. The topological polar surface area (TPSA) is 107 Å². The number of nitrogens with one attached hydrogen (secondary N) is 1. The zero-order valence-corrected chi connectivity index (χ0v) is 12.1. The number of benzene rings is 1. The monoisotopic (exact) mass is 295 g/mol. The second-order valence-corrected chi connectivity index (χ2v) is 4.61. The van der Waals surface area contributed by atoms with Crippen LogP contribution in [0.1, 0.15) is 32.6 Å². The van der Waals surface area contributed by atoms with Gasteiger partial charge in [0.2, 0.25) is 5.91 Å². The SMILES string of the molecule is CCCOc1cccc(NCCCCC(N)=O)c1[N+](=O)[O-]. The molecule has 0 radical (unpaired) electrons. The summed E-state index contributed by atoms with van der Waals surface area (Å²) in [5.74, 6) is -0.0695. The van der Waals surface area contributed by atoms with Crippen LogP contribution in [0.15, 0.2) is 18.2 Å². The Kier molecular flexibility index (Phi) is 7.00.